The number of aliphatic hydroxyl groups is 4. The summed E-state index contributed by atoms with van der Waals surface area (Å²) in [6.07, 6.45) is -3.00. The quantitative estimate of drug-likeness (QED) is 0.304. The van der Waals surface area contributed by atoms with Gasteiger partial charge in [-0.15, -0.1) is 0 Å². The number of aliphatic hydroxyl groups excluding tert-OH is 4. The minimum atomic E-state index is -1.71. The Labute approximate surface area is 105 Å². The van der Waals surface area contributed by atoms with Gasteiger partial charge in [-0.25, -0.2) is 0 Å². The van der Waals surface area contributed by atoms with Gasteiger partial charge in [-0.1, -0.05) is 13.3 Å². The van der Waals surface area contributed by atoms with E-state index in [-0.39, 0.29) is 12.7 Å². The molecule has 0 aromatic rings. The standard InChI is InChI=1S/C11H21NO6/c1-2-3-4-9(16)12-7(5-13)10(17)11(18)8(15)6-14/h5,7-8,10-11,14-15,17-18H,2-4,6H2,1H3,(H,12,16). The van der Waals surface area contributed by atoms with Crippen molar-refractivity contribution in [2.75, 3.05) is 6.61 Å². The van der Waals surface area contributed by atoms with Gasteiger partial charge in [0.05, 0.1) is 6.61 Å². The van der Waals surface area contributed by atoms with Crippen molar-refractivity contribution in [2.45, 2.75) is 50.5 Å². The fraction of sp³-hybridized carbons (Fsp3) is 0.818. The van der Waals surface area contributed by atoms with Crippen LogP contribution in [0.1, 0.15) is 26.2 Å². The van der Waals surface area contributed by atoms with Crippen molar-refractivity contribution in [3.8, 4) is 0 Å². The predicted molar refractivity (Wildman–Crippen MR) is 62.6 cm³/mol. The monoisotopic (exact) mass is 263 g/mol. The molecule has 4 atom stereocenters. The molecule has 0 aliphatic heterocycles. The molecule has 0 aliphatic carbocycles. The van der Waals surface area contributed by atoms with Gasteiger partial charge in [0.2, 0.25) is 5.91 Å². The van der Waals surface area contributed by atoms with E-state index in [1.807, 2.05) is 6.92 Å². The summed E-state index contributed by atoms with van der Waals surface area (Å²) < 4.78 is 0. The van der Waals surface area contributed by atoms with E-state index in [2.05, 4.69) is 5.32 Å². The van der Waals surface area contributed by atoms with E-state index in [1.165, 1.54) is 0 Å². The van der Waals surface area contributed by atoms with Crippen LogP contribution in [-0.4, -0.2) is 63.6 Å². The fourth-order valence-corrected chi connectivity index (χ4v) is 1.34. The summed E-state index contributed by atoms with van der Waals surface area (Å²) in [7, 11) is 0. The van der Waals surface area contributed by atoms with Crippen LogP contribution < -0.4 is 5.32 Å². The maximum Gasteiger partial charge on any atom is 0.220 e. The molecule has 0 aliphatic rings. The van der Waals surface area contributed by atoms with E-state index in [1.54, 1.807) is 0 Å². The number of hydrogen-bond donors (Lipinski definition) is 5. The largest absolute Gasteiger partial charge is 0.394 e. The molecule has 7 nitrogen and oxygen atoms in total. The number of nitrogens with one attached hydrogen (secondary N) is 1. The van der Waals surface area contributed by atoms with E-state index >= 15 is 0 Å². The van der Waals surface area contributed by atoms with Crippen LogP contribution >= 0.6 is 0 Å². The van der Waals surface area contributed by atoms with E-state index in [4.69, 9.17) is 10.2 Å². The first-order valence-corrected chi connectivity index (χ1v) is 5.87. The molecule has 0 bridgehead atoms. The number of aldehydes is 1. The van der Waals surface area contributed by atoms with Gasteiger partial charge in [0, 0.05) is 6.42 Å². The molecule has 0 saturated heterocycles. The second kappa shape index (κ2) is 8.98. The molecule has 0 heterocycles. The first kappa shape index (κ1) is 17.0. The highest BCUT2D eigenvalue weighted by Gasteiger charge is 2.31. The zero-order valence-corrected chi connectivity index (χ0v) is 10.3. The average molecular weight is 263 g/mol. The van der Waals surface area contributed by atoms with Crippen LogP contribution in [0.4, 0.5) is 0 Å². The number of unbranched alkanes of at least 4 members (excludes halogenated alkanes) is 1. The van der Waals surface area contributed by atoms with Crippen molar-refractivity contribution < 1.29 is 30.0 Å². The summed E-state index contributed by atoms with van der Waals surface area (Å²) in [4.78, 5) is 22.1. The predicted octanol–water partition coefficient (Wildman–Crippen LogP) is -2.06. The molecule has 18 heavy (non-hydrogen) atoms. The maximum atomic E-state index is 11.4. The average Bonchev–Trinajstić information content (AvgIpc) is 2.39. The van der Waals surface area contributed by atoms with Gasteiger partial charge in [-0.05, 0) is 6.42 Å². The van der Waals surface area contributed by atoms with Crippen LogP contribution in [0.3, 0.4) is 0 Å². The topological polar surface area (TPSA) is 127 Å². The number of hydrogen-bond acceptors (Lipinski definition) is 6. The van der Waals surface area contributed by atoms with E-state index in [9.17, 15) is 19.8 Å². The van der Waals surface area contributed by atoms with Crippen molar-refractivity contribution in [1.82, 2.24) is 5.32 Å². The van der Waals surface area contributed by atoms with Crippen LogP contribution in [0.2, 0.25) is 0 Å². The Bertz CT molecular complexity index is 260. The molecule has 0 radical (unpaired) electrons. The van der Waals surface area contributed by atoms with Gasteiger partial charge < -0.3 is 30.5 Å². The van der Waals surface area contributed by atoms with Crippen LogP contribution in [0.5, 0.6) is 0 Å². The molecule has 0 rings (SSSR count). The maximum absolute atomic E-state index is 11.4. The van der Waals surface area contributed by atoms with E-state index in [0.717, 1.165) is 6.42 Å². The number of amides is 1. The zero-order valence-electron chi connectivity index (χ0n) is 10.3. The Morgan fingerprint density at radius 2 is 1.89 bits per heavy atom. The summed E-state index contributed by atoms with van der Waals surface area (Å²) >= 11 is 0. The molecule has 0 spiro atoms. The highest BCUT2D eigenvalue weighted by atomic mass is 16.4. The van der Waals surface area contributed by atoms with Crippen molar-refractivity contribution in [2.24, 2.45) is 0 Å². The van der Waals surface area contributed by atoms with Gasteiger partial charge in [0.25, 0.3) is 0 Å². The fourth-order valence-electron chi connectivity index (χ4n) is 1.34. The van der Waals surface area contributed by atoms with Crippen molar-refractivity contribution in [3.05, 3.63) is 0 Å². The number of rotatable bonds is 9. The minimum Gasteiger partial charge on any atom is -0.394 e. The molecule has 0 aromatic carbocycles. The third kappa shape index (κ3) is 5.54. The lowest BCUT2D eigenvalue weighted by Crippen LogP contribution is -2.53. The van der Waals surface area contributed by atoms with Crippen LogP contribution in [0, 0.1) is 0 Å². The highest BCUT2D eigenvalue weighted by molar-refractivity contribution is 5.79. The van der Waals surface area contributed by atoms with Crippen LogP contribution in [0.25, 0.3) is 0 Å². The van der Waals surface area contributed by atoms with Gasteiger partial charge in [0.15, 0.2) is 0 Å². The van der Waals surface area contributed by atoms with Crippen molar-refractivity contribution in [3.63, 3.8) is 0 Å². The Hall–Kier alpha value is -1.02. The summed E-state index contributed by atoms with van der Waals surface area (Å²) in [5, 5.41) is 39.0. The summed E-state index contributed by atoms with van der Waals surface area (Å²) in [5.41, 5.74) is 0. The Kier molecular flexibility index (Phi) is 8.47. The summed E-state index contributed by atoms with van der Waals surface area (Å²) in [5.74, 6) is -0.418. The lowest BCUT2D eigenvalue weighted by molar-refractivity contribution is -0.131. The Morgan fingerprint density at radius 1 is 1.28 bits per heavy atom. The molecule has 4 unspecified atom stereocenters. The molecule has 0 fully saturated rings. The third-order valence-electron chi connectivity index (χ3n) is 2.53. The third-order valence-corrected chi connectivity index (χ3v) is 2.53. The highest BCUT2D eigenvalue weighted by Crippen LogP contribution is 2.04. The van der Waals surface area contributed by atoms with Gasteiger partial charge in [-0.2, -0.15) is 0 Å². The van der Waals surface area contributed by atoms with Gasteiger partial charge >= 0.3 is 0 Å². The summed E-state index contributed by atoms with van der Waals surface area (Å²) in [6.45, 7) is 1.15. The van der Waals surface area contributed by atoms with E-state index in [0.29, 0.717) is 6.42 Å². The first-order valence-electron chi connectivity index (χ1n) is 5.87. The first-order chi connectivity index (χ1) is 8.47. The lowest BCUT2D eigenvalue weighted by Gasteiger charge is -2.26. The van der Waals surface area contributed by atoms with Crippen molar-refractivity contribution in [1.29, 1.82) is 0 Å². The molecule has 1 amide bonds. The second-order valence-electron chi connectivity index (χ2n) is 4.06. The second-order valence-corrected chi connectivity index (χ2v) is 4.06. The molecule has 0 aromatic heterocycles. The molecule has 0 saturated carbocycles. The SMILES string of the molecule is CCCCC(=O)NC(C=O)C(O)C(O)C(O)CO. The molecule has 7 heteroatoms. The lowest BCUT2D eigenvalue weighted by atomic mass is 10.0. The molecular formula is C11H21NO6. The molecular weight excluding hydrogens is 242 g/mol. The Balaban J connectivity index is 4.39. The normalized spacial score (nSPS) is 17.6. The van der Waals surface area contributed by atoms with E-state index < -0.39 is 36.9 Å². The molecule has 5 N–H and O–H groups in total. The smallest absolute Gasteiger partial charge is 0.220 e. The minimum absolute atomic E-state index is 0.214. The zero-order chi connectivity index (χ0) is 14.1. The van der Waals surface area contributed by atoms with Crippen LogP contribution in [-0.2, 0) is 9.59 Å². The van der Waals surface area contributed by atoms with Crippen LogP contribution in [0.15, 0.2) is 0 Å². The Morgan fingerprint density at radius 3 is 2.33 bits per heavy atom. The van der Waals surface area contributed by atoms with Crippen molar-refractivity contribution >= 4 is 12.2 Å². The van der Waals surface area contributed by atoms with Gasteiger partial charge in [-0.3, -0.25) is 4.79 Å². The van der Waals surface area contributed by atoms with Gasteiger partial charge in [0.1, 0.15) is 30.6 Å². The number of carbonyl (C=O) groups excluding carboxylic acids is 2. The summed E-state index contributed by atoms with van der Waals surface area (Å²) in [6, 6.07) is -1.31. The number of carbonyl (C=O) groups is 2. The molecule has 106 valence electrons.